The molecule has 0 unspecified atom stereocenters. The normalized spacial score (nSPS) is 23.8. The van der Waals surface area contributed by atoms with Crippen LogP contribution in [0, 0.1) is 12.8 Å². The number of aryl methyl sites for hydroxylation is 1. The van der Waals surface area contributed by atoms with E-state index in [1.165, 1.54) is 0 Å². The minimum absolute atomic E-state index is 0.124. The van der Waals surface area contributed by atoms with E-state index in [-0.39, 0.29) is 12.6 Å². The first-order valence-electron chi connectivity index (χ1n) is 10.3. The molecule has 6 nitrogen and oxygen atoms in total. The molecular formula is C24H26N2O4S. The van der Waals surface area contributed by atoms with Crippen molar-refractivity contribution >= 4 is 29.0 Å². The number of nitrogens with one attached hydrogen (secondary N) is 1. The number of rotatable bonds is 6. The van der Waals surface area contributed by atoms with E-state index in [0.717, 1.165) is 16.8 Å². The van der Waals surface area contributed by atoms with E-state index in [1.54, 1.807) is 6.08 Å². The SMILES string of the molecule is C=CCOC(=O)[C@H]1[C@H]2NC(=S)N(c3cccc(C)c3)[C@@]1(C)Oc1c(OCC)cccc12. The Hall–Kier alpha value is -3.06. The summed E-state index contributed by atoms with van der Waals surface area (Å²) in [6, 6.07) is 13.2. The number of anilines is 1. The molecule has 0 aromatic heterocycles. The summed E-state index contributed by atoms with van der Waals surface area (Å²) in [6.07, 6.45) is 1.55. The molecule has 0 spiro atoms. The van der Waals surface area contributed by atoms with Gasteiger partial charge in [0.15, 0.2) is 16.6 Å². The highest BCUT2D eigenvalue weighted by atomic mass is 32.1. The summed E-state index contributed by atoms with van der Waals surface area (Å²) in [5.74, 6) is 0.182. The maximum atomic E-state index is 13.3. The second-order valence-electron chi connectivity index (χ2n) is 7.76. The van der Waals surface area contributed by atoms with Gasteiger partial charge in [0.1, 0.15) is 12.5 Å². The third-order valence-electron chi connectivity index (χ3n) is 5.65. The monoisotopic (exact) mass is 438 g/mol. The Morgan fingerprint density at radius 1 is 1.35 bits per heavy atom. The number of benzene rings is 2. The fourth-order valence-corrected chi connectivity index (χ4v) is 4.80. The zero-order valence-electron chi connectivity index (χ0n) is 17.9. The molecule has 1 N–H and O–H groups in total. The van der Waals surface area contributed by atoms with Gasteiger partial charge in [0.2, 0.25) is 5.72 Å². The largest absolute Gasteiger partial charge is 0.490 e. The minimum Gasteiger partial charge on any atom is -0.490 e. The first-order valence-corrected chi connectivity index (χ1v) is 10.7. The molecule has 31 heavy (non-hydrogen) atoms. The predicted octanol–water partition coefficient (Wildman–Crippen LogP) is 4.28. The van der Waals surface area contributed by atoms with E-state index in [4.69, 9.17) is 26.4 Å². The Labute approximate surface area is 187 Å². The zero-order valence-corrected chi connectivity index (χ0v) is 18.7. The molecule has 4 rings (SSSR count). The standard InChI is InChI=1S/C24H26N2O4S/c1-5-13-29-22(27)19-20-17-11-8-12-18(28-6-2)21(17)30-24(19,4)26(23(31)25-20)16-10-7-9-15(3)14-16/h5,7-12,14,19-20H,1,6,13H2,2-4H3,(H,25,31)/t19-,20+,24+/m1/s1. The van der Waals surface area contributed by atoms with E-state index < -0.39 is 17.7 Å². The first kappa shape index (κ1) is 21.2. The van der Waals surface area contributed by atoms with E-state index in [2.05, 4.69) is 11.9 Å². The molecule has 0 amide bonds. The number of nitrogens with zero attached hydrogens (tertiary/aromatic N) is 1. The molecule has 2 aliphatic heterocycles. The van der Waals surface area contributed by atoms with Gasteiger partial charge in [-0.1, -0.05) is 36.9 Å². The topological polar surface area (TPSA) is 60.0 Å². The van der Waals surface area contributed by atoms with Crippen molar-refractivity contribution in [2.45, 2.75) is 32.5 Å². The molecule has 2 aromatic carbocycles. The molecule has 1 fully saturated rings. The number of hydrogen-bond acceptors (Lipinski definition) is 5. The van der Waals surface area contributed by atoms with Crippen LogP contribution in [-0.4, -0.2) is 30.0 Å². The highest BCUT2D eigenvalue weighted by molar-refractivity contribution is 7.80. The lowest BCUT2D eigenvalue weighted by molar-refractivity contribution is -0.159. The van der Waals surface area contributed by atoms with Crippen molar-refractivity contribution in [1.82, 2.24) is 5.32 Å². The molecule has 3 atom stereocenters. The lowest BCUT2D eigenvalue weighted by Gasteiger charge is -2.55. The summed E-state index contributed by atoms with van der Waals surface area (Å²) < 4.78 is 17.9. The maximum Gasteiger partial charge on any atom is 0.317 e. The van der Waals surface area contributed by atoms with Crippen molar-refractivity contribution in [2.24, 2.45) is 5.92 Å². The minimum atomic E-state index is -1.13. The Bertz CT molecular complexity index is 1040. The van der Waals surface area contributed by atoms with E-state index >= 15 is 0 Å². The van der Waals surface area contributed by atoms with Crippen molar-refractivity contribution in [3.8, 4) is 11.5 Å². The number of esters is 1. The van der Waals surface area contributed by atoms with Crippen molar-refractivity contribution in [2.75, 3.05) is 18.1 Å². The molecule has 1 saturated heterocycles. The van der Waals surface area contributed by atoms with E-state index in [0.29, 0.717) is 23.2 Å². The van der Waals surface area contributed by atoms with Gasteiger partial charge in [0.05, 0.1) is 12.6 Å². The van der Waals surface area contributed by atoms with Crippen LogP contribution in [0.1, 0.15) is 31.0 Å². The van der Waals surface area contributed by atoms with Gasteiger partial charge in [-0.15, -0.1) is 0 Å². The van der Waals surface area contributed by atoms with Gasteiger partial charge in [-0.25, -0.2) is 0 Å². The van der Waals surface area contributed by atoms with Crippen LogP contribution >= 0.6 is 12.2 Å². The number of para-hydroxylation sites is 1. The summed E-state index contributed by atoms with van der Waals surface area (Å²) in [5, 5.41) is 3.85. The van der Waals surface area contributed by atoms with Crippen LogP contribution < -0.4 is 19.7 Å². The van der Waals surface area contributed by atoms with Crippen LogP contribution in [0.3, 0.4) is 0 Å². The summed E-state index contributed by atoms with van der Waals surface area (Å²) in [5.41, 5.74) is 1.59. The third-order valence-corrected chi connectivity index (χ3v) is 5.95. The summed E-state index contributed by atoms with van der Waals surface area (Å²) in [7, 11) is 0. The molecule has 0 aliphatic carbocycles. The zero-order chi connectivity index (χ0) is 22.2. The van der Waals surface area contributed by atoms with Crippen LogP contribution in [0.25, 0.3) is 0 Å². The average molecular weight is 439 g/mol. The second kappa shape index (κ2) is 8.23. The summed E-state index contributed by atoms with van der Waals surface area (Å²) in [4.78, 5) is 15.1. The molecular weight excluding hydrogens is 412 g/mol. The molecule has 2 aliphatic rings. The van der Waals surface area contributed by atoms with Crippen LogP contribution in [-0.2, 0) is 9.53 Å². The highest BCUT2D eigenvalue weighted by Gasteiger charge is 2.60. The third kappa shape index (κ3) is 3.53. The summed E-state index contributed by atoms with van der Waals surface area (Å²) >= 11 is 5.75. The lowest BCUT2D eigenvalue weighted by Crippen LogP contribution is -2.71. The van der Waals surface area contributed by atoms with Crippen LogP contribution in [0.5, 0.6) is 11.5 Å². The molecule has 2 bridgehead atoms. The lowest BCUT2D eigenvalue weighted by atomic mass is 9.79. The molecule has 7 heteroatoms. The van der Waals surface area contributed by atoms with Gasteiger partial charge in [-0.3, -0.25) is 9.69 Å². The fourth-order valence-electron chi connectivity index (χ4n) is 4.39. The smallest absolute Gasteiger partial charge is 0.317 e. The fraction of sp³-hybridized carbons (Fsp3) is 0.333. The summed E-state index contributed by atoms with van der Waals surface area (Å²) in [6.45, 7) is 10.1. The van der Waals surface area contributed by atoms with Gasteiger partial charge in [0, 0.05) is 11.3 Å². The Kier molecular flexibility index (Phi) is 5.62. The molecule has 2 aromatic rings. The van der Waals surface area contributed by atoms with Gasteiger partial charge in [-0.2, -0.15) is 0 Å². The number of ether oxygens (including phenoxy) is 3. The van der Waals surface area contributed by atoms with Crippen molar-refractivity contribution in [3.63, 3.8) is 0 Å². The van der Waals surface area contributed by atoms with Gasteiger partial charge >= 0.3 is 5.97 Å². The van der Waals surface area contributed by atoms with Crippen molar-refractivity contribution in [3.05, 3.63) is 66.2 Å². The first-order chi connectivity index (χ1) is 14.9. The second-order valence-corrected chi connectivity index (χ2v) is 8.15. The van der Waals surface area contributed by atoms with E-state index in [9.17, 15) is 4.79 Å². The van der Waals surface area contributed by atoms with Crippen molar-refractivity contribution < 1.29 is 19.0 Å². The predicted molar refractivity (Wildman–Crippen MR) is 123 cm³/mol. The Morgan fingerprint density at radius 3 is 2.84 bits per heavy atom. The van der Waals surface area contributed by atoms with E-state index in [1.807, 2.05) is 68.1 Å². The molecule has 162 valence electrons. The van der Waals surface area contributed by atoms with Gasteiger partial charge in [-0.05, 0) is 56.8 Å². The highest BCUT2D eigenvalue weighted by Crippen LogP contribution is 2.52. The molecule has 2 heterocycles. The van der Waals surface area contributed by atoms with Crippen LogP contribution in [0.4, 0.5) is 5.69 Å². The Balaban J connectivity index is 1.89. The average Bonchev–Trinajstić information content (AvgIpc) is 2.72. The van der Waals surface area contributed by atoms with Crippen LogP contribution in [0.15, 0.2) is 55.1 Å². The molecule has 0 saturated carbocycles. The number of carbonyl (C=O) groups is 1. The Morgan fingerprint density at radius 2 is 2.13 bits per heavy atom. The van der Waals surface area contributed by atoms with Gasteiger partial charge in [0.25, 0.3) is 0 Å². The number of carbonyl (C=O) groups excluding carboxylic acids is 1. The number of fused-ring (bicyclic) bond motifs is 4. The van der Waals surface area contributed by atoms with Crippen LogP contribution in [0.2, 0.25) is 0 Å². The molecule has 0 radical (unpaired) electrons. The van der Waals surface area contributed by atoms with Gasteiger partial charge < -0.3 is 19.5 Å². The maximum absolute atomic E-state index is 13.3. The van der Waals surface area contributed by atoms with Crippen molar-refractivity contribution in [1.29, 1.82) is 0 Å². The quantitative estimate of drug-likeness (QED) is 0.410. The number of hydrogen-bond donors (Lipinski definition) is 1. The number of thiocarbonyl (C=S) groups is 1.